The molecule has 1 amide bonds. The average molecular weight is 277 g/mol. The van der Waals surface area contributed by atoms with E-state index in [1.807, 2.05) is 19.9 Å². The van der Waals surface area contributed by atoms with E-state index < -0.39 is 5.97 Å². The van der Waals surface area contributed by atoms with E-state index in [1.165, 1.54) is 10.9 Å². The van der Waals surface area contributed by atoms with Crippen LogP contribution in [0.3, 0.4) is 0 Å². The van der Waals surface area contributed by atoms with Crippen LogP contribution in [0.25, 0.3) is 0 Å². The summed E-state index contributed by atoms with van der Waals surface area (Å²) >= 11 is 0. The minimum atomic E-state index is -0.992. The van der Waals surface area contributed by atoms with Gasteiger partial charge in [-0.15, -0.1) is 0 Å². The monoisotopic (exact) mass is 277 g/mol. The Kier molecular flexibility index (Phi) is 3.83. The number of carbonyl (C=O) groups excluding carboxylic acids is 1. The van der Waals surface area contributed by atoms with Crippen LogP contribution in [0.5, 0.6) is 0 Å². The van der Waals surface area contributed by atoms with Crippen molar-refractivity contribution in [1.82, 2.24) is 19.6 Å². The van der Waals surface area contributed by atoms with Crippen molar-refractivity contribution in [1.29, 1.82) is 0 Å². The number of carbonyl (C=O) groups is 2. The quantitative estimate of drug-likeness (QED) is 0.824. The second-order valence-corrected chi connectivity index (χ2v) is 4.43. The lowest BCUT2D eigenvalue weighted by molar-refractivity contribution is -0.137. The minimum Gasteiger partial charge on any atom is -0.480 e. The largest absolute Gasteiger partial charge is 0.480 e. The Bertz CT molecular complexity index is 643. The average Bonchev–Trinajstić information content (AvgIpc) is 2.85. The third-order valence-corrected chi connectivity index (χ3v) is 2.60. The maximum Gasteiger partial charge on any atom is 0.325 e. The van der Waals surface area contributed by atoms with E-state index in [-0.39, 0.29) is 19.0 Å². The van der Waals surface area contributed by atoms with Crippen molar-refractivity contribution >= 4 is 17.7 Å². The number of aryl methyl sites for hydroxylation is 2. The lowest BCUT2D eigenvalue weighted by Gasteiger charge is -2.04. The van der Waals surface area contributed by atoms with Crippen LogP contribution < -0.4 is 5.32 Å². The fourth-order valence-corrected chi connectivity index (χ4v) is 1.81. The van der Waals surface area contributed by atoms with Gasteiger partial charge in [0.05, 0.1) is 5.69 Å². The first-order chi connectivity index (χ1) is 9.44. The Morgan fingerprint density at radius 2 is 2.05 bits per heavy atom. The molecule has 2 heterocycles. The Morgan fingerprint density at radius 3 is 2.65 bits per heavy atom. The summed E-state index contributed by atoms with van der Waals surface area (Å²) in [5.74, 6) is -0.942. The highest BCUT2D eigenvalue weighted by atomic mass is 16.4. The molecule has 0 fully saturated rings. The van der Waals surface area contributed by atoms with Gasteiger partial charge in [0, 0.05) is 18.0 Å². The molecule has 0 aliphatic carbocycles. The van der Waals surface area contributed by atoms with Crippen LogP contribution in [0, 0.1) is 13.8 Å². The molecule has 0 spiro atoms. The molecule has 2 N–H and O–H groups in total. The van der Waals surface area contributed by atoms with Crippen LogP contribution in [0.15, 0.2) is 18.3 Å². The topological polar surface area (TPSA) is 102 Å². The van der Waals surface area contributed by atoms with Gasteiger partial charge in [-0.3, -0.25) is 19.0 Å². The highest BCUT2D eigenvalue weighted by Crippen LogP contribution is 2.05. The van der Waals surface area contributed by atoms with Crippen molar-refractivity contribution in [2.45, 2.75) is 26.9 Å². The number of nitrogens with zero attached hydrogens (tertiary/aromatic N) is 4. The first kappa shape index (κ1) is 13.8. The van der Waals surface area contributed by atoms with Crippen molar-refractivity contribution in [3.63, 3.8) is 0 Å². The van der Waals surface area contributed by atoms with Crippen LogP contribution >= 0.6 is 0 Å². The zero-order valence-electron chi connectivity index (χ0n) is 11.2. The molecule has 8 nitrogen and oxygen atoms in total. The van der Waals surface area contributed by atoms with Gasteiger partial charge in [-0.1, -0.05) is 0 Å². The van der Waals surface area contributed by atoms with Gasteiger partial charge in [0.25, 0.3) is 0 Å². The van der Waals surface area contributed by atoms with Gasteiger partial charge >= 0.3 is 5.97 Å². The zero-order chi connectivity index (χ0) is 14.7. The number of nitrogens with one attached hydrogen (secondary N) is 1. The number of carboxylic acids is 1. The Labute approximate surface area is 115 Å². The first-order valence-electron chi connectivity index (χ1n) is 6.00. The molecule has 0 aliphatic heterocycles. The summed E-state index contributed by atoms with van der Waals surface area (Å²) in [6.45, 7) is 3.57. The van der Waals surface area contributed by atoms with Crippen LogP contribution in [-0.4, -0.2) is 36.5 Å². The molecular formula is C12H15N5O3. The van der Waals surface area contributed by atoms with Gasteiger partial charge in [-0.05, 0) is 19.9 Å². The Morgan fingerprint density at radius 1 is 1.30 bits per heavy atom. The van der Waals surface area contributed by atoms with Crippen LogP contribution in [-0.2, 0) is 22.7 Å². The molecule has 20 heavy (non-hydrogen) atoms. The summed E-state index contributed by atoms with van der Waals surface area (Å²) < 4.78 is 2.83. The predicted molar refractivity (Wildman–Crippen MR) is 70.2 cm³/mol. The molecule has 0 radical (unpaired) electrons. The van der Waals surface area contributed by atoms with E-state index in [9.17, 15) is 9.59 Å². The molecule has 0 saturated heterocycles. The third-order valence-electron chi connectivity index (χ3n) is 2.60. The van der Waals surface area contributed by atoms with E-state index in [4.69, 9.17) is 5.11 Å². The predicted octanol–water partition coefficient (Wildman–Crippen LogP) is 0.420. The van der Waals surface area contributed by atoms with Crippen LogP contribution in [0.1, 0.15) is 11.4 Å². The van der Waals surface area contributed by atoms with E-state index in [0.717, 1.165) is 11.4 Å². The minimum absolute atomic E-state index is 0.0888. The molecule has 0 aromatic carbocycles. The Balaban J connectivity index is 1.96. The second kappa shape index (κ2) is 5.55. The van der Waals surface area contributed by atoms with Crippen molar-refractivity contribution < 1.29 is 14.7 Å². The fourth-order valence-electron chi connectivity index (χ4n) is 1.81. The SMILES string of the molecule is Cc1cc(C)n(CC(=O)Nc2ccn(CC(=O)O)n2)n1. The van der Waals surface area contributed by atoms with Crippen molar-refractivity contribution in [2.24, 2.45) is 0 Å². The summed E-state index contributed by atoms with van der Waals surface area (Å²) in [7, 11) is 0. The van der Waals surface area contributed by atoms with Crippen molar-refractivity contribution in [3.05, 3.63) is 29.7 Å². The number of aromatic nitrogens is 4. The molecular weight excluding hydrogens is 262 g/mol. The summed E-state index contributed by atoms with van der Waals surface area (Å²) in [5.41, 5.74) is 1.75. The summed E-state index contributed by atoms with van der Waals surface area (Å²) in [6, 6.07) is 3.43. The number of amides is 1. The lowest BCUT2D eigenvalue weighted by atomic mass is 10.4. The zero-order valence-corrected chi connectivity index (χ0v) is 11.2. The maximum absolute atomic E-state index is 11.8. The Hall–Kier alpha value is -2.64. The van der Waals surface area contributed by atoms with Gasteiger partial charge in [0.2, 0.25) is 5.91 Å². The molecule has 0 bridgehead atoms. The van der Waals surface area contributed by atoms with E-state index in [2.05, 4.69) is 15.5 Å². The highest BCUT2D eigenvalue weighted by Gasteiger charge is 2.09. The summed E-state index contributed by atoms with van der Waals surface area (Å²) in [6.07, 6.45) is 1.49. The van der Waals surface area contributed by atoms with Gasteiger partial charge < -0.3 is 10.4 Å². The molecule has 2 aromatic heterocycles. The van der Waals surface area contributed by atoms with Crippen molar-refractivity contribution in [3.8, 4) is 0 Å². The smallest absolute Gasteiger partial charge is 0.325 e. The second-order valence-electron chi connectivity index (χ2n) is 4.43. The highest BCUT2D eigenvalue weighted by molar-refractivity contribution is 5.89. The molecule has 106 valence electrons. The molecule has 0 unspecified atom stereocenters. The van der Waals surface area contributed by atoms with E-state index >= 15 is 0 Å². The number of hydrogen-bond donors (Lipinski definition) is 2. The van der Waals surface area contributed by atoms with E-state index in [1.54, 1.807) is 10.7 Å². The maximum atomic E-state index is 11.8. The molecule has 0 atom stereocenters. The molecule has 2 aromatic rings. The van der Waals surface area contributed by atoms with Gasteiger partial charge in [-0.2, -0.15) is 10.2 Å². The molecule has 0 aliphatic rings. The van der Waals surface area contributed by atoms with Gasteiger partial charge in [0.1, 0.15) is 13.1 Å². The van der Waals surface area contributed by atoms with Gasteiger partial charge in [-0.25, -0.2) is 0 Å². The molecule has 0 saturated carbocycles. The summed E-state index contributed by atoms with van der Waals surface area (Å²) in [4.78, 5) is 22.4. The van der Waals surface area contributed by atoms with E-state index in [0.29, 0.717) is 5.82 Å². The van der Waals surface area contributed by atoms with Crippen LogP contribution in [0.4, 0.5) is 5.82 Å². The number of hydrogen-bond acceptors (Lipinski definition) is 4. The molecule has 8 heteroatoms. The lowest BCUT2D eigenvalue weighted by Crippen LogP contribution is -2.20. The number of aliphatic carboxylic acids is 1. The van der Waals surface area contributed by atoms with Gasteiger partial charge in [0.15, 0.2) is 5.82 Å². The van der Waals surface area contributed by atoms with Crippen LogP contribution in [0.2, 0.25) is 0 Å². The fraction of sp³-hybridized carbons (Fsp3) is 0.333. The normalized spacial score (nSPS) is 10.5. The number of rotatable bonds is 5. The summed E-state index contributed by atoms with van der Waals surface area (Å²) in [5, 5.41) is 19.3. The number of anilines is 1. The molecule has 2 rings (SSSR count). The standard InChI is InChI=1S/C12H15N5O3/c1-8-5-9(2)17(14-8)6-11(18)13-10-3-4-16(15-10)7-12(19)20/h3-5H,6-7H2,1-2H3,(H,19,20)(H,13,15,18). The third kappa shape index (κ3) is 3.44. The first-order valence-corrected chi connectivity index (χ1v) is 6.00. The number of carboxylic acid groups (broad SMARTS) is 1. The van der Waals surface area contributed by atoms with Crippen molar-refractivity contribution in [2.75, 3.05) is 5.32 Å².